The van der Waals surface area contributed by atoms with Gasteiger partial charge in [-0.15, -0.1) is 24.0 Å². The minimum atomic E-state index is 0. The summed E-state index contributed by atoms with van der Waals surface area (Å²) in [5.74, 6) is 1.51. The van der Waals surface area contributed by atoms with Crippen LogP contribution in [-0.4, -0.2) is 94.5 Å². The number of benzene rings is 1. The molecule has 0 aliphatic carbocycles. The SMILES string of the molecule is CN=C(NCC1CN(CC(C)C)CCO1)NCC(c1cccc(C)c1)N1CCOCC1.I. The van der Waals surface area contributed by atoms with E-state index < -0.39 is 0 Å². The summed E-state index contributed by atoms with van der Waals surface area (Å²) in [6, 6.07) is 9.10. The van der Waals surface area contributed by atoms with E-state index in [1.165, 1.54) is 11.1 Å². The van der Waals surface area contributed by atoms with Gasteiger partial charge < -0.3 is 20.1 Å². The zero-order valence-electron chi connectivity index (χ0n) is 20.2. The fraction of sp³-hybridized carbons (Fsp3) is 0.708. The number of ether oxygens (including phenoxy) is 2. The minimum Gasteiger partial charge on any atom is -0.379 e. The van der Waals surface area contributed by atoms with Crippen molar-refractivity contribution in [1.82, 2.24) is 20.4 Å². The van der Waals surface area contributed by atoms with Gasteiger partial charge in [0.25, 0.3) is 0 Å². The van der Waals surface area contributed by atoms with E-state index in [9.17, 15) is 0 Å². The summed E-state index contributed by atoms with van der Waals surface area (Å²) in [6.07, 6.45) is 0.192. The van der Waals surface area contributed by atoms with Crippen LogP contribution in [0.5, 0.6) is 0 Å². The Labute approximate surface area is 211 Å². The van der Waals surface area contributed by atoms with Gasteiger partial charge in [0, 0.05) is 52.9 Å². The summed E-state index contributed by atoms with van der Waals surface area (Å²) in [6.45, 7) is 15.7. The van der Waals surface area contributed by atoms with Crippen LogP contribution >= 0.6 is 24.0 Å². The number of morpholine rings is 2. The Morgan fingerprint density at radius 3 is 2.62 bits per heavy atom. The van der Waals surface area contributed by atoms with Crippen LogP contribution in [0, 0.1) is 12.8 Å². The van der Waals surface area contributed by atoms with Gasteiger partial charge in [-0.1, -0.05) is 43.7 Å². The first-order valence-electron chi connectivity index (χ1n) is 11.7. The molecule has 2 fully saturated rings. The Balaban J connectivity index is 0.00000363. The van der Waals surface area contributed by atoms with E-state index >= 15 is 0 Å². The Morgan fingerprint density at radius 2 is 1.94 bits per heavy atom. The molecule has 2 saturated heterocycles. The Hall–Kier alpha value is -0.940. The standard InChI is InChI=1S/C24H41N5O2.HI/c1-19(2)17-28-8-13-31-22(18-28)15-26-24(25-4)27-16-23(29-9-11-30-12-10-29)21-7-5-6-20(3)14-21;/h5-7,14,19,22-23H,8-13,15-18H2,1-4H3,(H2,25,26,27);1H. The monoisotopic (exact) mass is 559 g/mol. The highest BCUT2D eigenvalue weighted by Crippen LogP contribution is 2.22. The third kappa shape index (κ3) is 8.78. The van der Waals surface area contributed by atoms with Crippen molar-refractivity contribution >= 4 is 29.9 Å². The largest absolute Gasteiger partial charge is 0.379 e. The van der Waals surface area contributed by atoms with Crippen molar-refractivity contribution in [2.75, 3.05) is 72.7 Å². The second-order valence-corrected chi connectivity index (χ2v) is 9.06. The molecule has 2 aliphatic heterocycles. The average Bonchev–Trinajstić information content (AvgIpc) is 2.76. The molecule has 1 aromatic carbocycles. The summed E-state index contributed by atoms with van der Waals surface area (Å²) in [5.41, 5.74) is 2.63. The number of aliphatic imine (C=N–C) groups is 1. The maximum absolute atomic E-state index is 5.98. The molecule has 2 heterocycles. The summed E-state index contributed by atoms with van der Waals surface area (Å²) < 4.78 is 11.6. The zero-order valence-corrected chi connectivity index (χ0v) is 22.5. The Morgan fingerprint density at radius 1 is 1.16 bits per heavy atom. The molecule has 0 spiro atoms. The predicted molar refractivity (Wildman–Crippen MR) is 142 cm³/mol. The lowest BCUT2D eigenvalue weighted by Gasteiger charge is -2.36. The van der Waals surface area contributed by atoms with Gasteiger partial charge in [-0.05, 0) is 18.4 Å². The third-order valence-electron chi connectivity index (χ3n) is 5.94. The smallest absolute Gasteiger partial charge is 0.191 e. The van der Waals surface area contributed by atoms with E-state index in [1.54, 1.807) is 0 Å². The first kappa shape index (κ1) is 27.3. The van der Waals surface area contributed by atoms with Crippen molar-refractivity contribution in [3.63, 3.8) is 0 Å². The van der Waals surface area contributed by atoms with Crippen LogP contribution in [0.25, 0.3) is 0 Å². The van der Waals surface area contributed by atoms with Crippen LogP contribution in [0.15, 0.2) is 29.3 Å². The molecule has 3 rings (SSSR count). The van der Waals surface area contributed by atoms with E-state index in [1.807, 2.05) is 7.05 Å². The van der Waals surface area contributed by atoms with Gasteiger partial charge in [-0.3, -0.25) is 14.8 Å². The van der Waals surface area contributed by atoms with E-state index in [2.05, 4.69) is 70.5 Å². The normalized spacial score (nSPS) is 21.8. The second-order valence-electron chi connectivity index (χ2n) is 9.06. The summed E-state index contributed by atoms with van der Waals surface area (Å²) in [5, 5.41) is 7.03. The van der Waals surface area contributed by atoms with E-state index in [0.29, 0.717) is 5.92 Å². The molecule has 2 unspecified atom stereocenters. The molecule has 7 nitrogen and oxygen atoms in total. The Kier molecular flexibility index (Phi) is 12.2. The number of halogens is 1. The molecule has 2 N–H and O–H groups in total. The summed E-state index contributed by atoms with van der Waals surface area (Å²) in [7, 11) is 1.83. The molecule has 2 atom stereocenters. The van der Waals surface area contributed by atoms with E-state index in [4.69, 9.17) is 9.47 Å². The number of aryl methyl sites for hydroxylation is 1. The van der Waals surface area contributed by atoms with Gasteiger partial charge in [0.05, 0.1) is 32.0 Å². The van der Waals surface area contributed by atoms with Crippen molar-refractivity contribution < 1.29 is 9.47 Å². The number of guanidine groups is 1. The lowest BCUT2D eigenvalue weighted by atomic mass is 10.0. The molecule has 182 valence electrons. The number of hydrogen-bond donors (Lipinski definition) is 2. The van der Waals surface area contributed by atoms with Crippen LogP contribution < -0.4 is 10.6 Å². The van der Waals surface area contributed by atoms with Gasteiger partial charge >= 0.3 is 0 Å². The highest BCUT2D eigenvalue weighted by Gasteiger charge is 2.24. The van der Waals surface area contributed by atoms with E-state index in [0.717, 1.165) is 71.6 Å². The number of hydrogen-bond acceptors (Lipinski definition) is 5. The summed E-state index contributed by atoms with van der Waals surface area (Å²) >= 11 is 0. The lowest BCUT2D eigenvalue weighted by molar-refractivity contribution is -0.0284. The molecule has 8 heteroatoms. The van der Waals surface area contributed by atoms with E-state index in [-0.39, 0.29) is 36.1 Å². The highest BCUT2D eigenvalue weighted by molar-refractivity contribution is 14.0. The maximum Gasteiger partial charge on any atom is 0.191 e. The van der Waals surface area contributed by atoms with Gasteiger partial charge in [0.2, 0.25) is 0 Å². The van der Waals surface area contributed by atoms with Gasteiger partial charge in [0.1, 0.15) is 0 Å². The van der Waals surface area contributed by atoms with Crippen molar-refractivity contribution in [3.8, 4) is 0 Å². The molecular weight excluding hydrogens is 517 g/mol. The van der Waals surface area contributed by atoms with Crippen molar-refractivity contribution in [3.05, 3.63) is 35.4 Å². The quantitative estimate of drug-likeness (QED) is 0.290. The molecule has 0 aromatic heterocycles. The topological polar surface area (TPSA) is 61.4 Å². The Bertz CT molecular complexity index is 697. The fourth-order valence-electron chi connectivity index (χ4n) is 4.43. The van der Waals surface area contributed by atoms with Crippen LogP contribution in [0.1, 0.15) is 31.0 Å². The van der Waals surface area contributed by atoms with Crippen molar-refractivity contribution in [1.29, 1.82) is 0 Å². The van der Waals surface area contributed by atoms with Gasteiger partial charge in [-0.2, -0.15) is 0 Å². The first-order chi connectivity index (χ1) is 15.0. The fourth-order valence-corrected chi connectivity index (χ4v) is 4.43. The lowest BCUT2D eigenvalue weighted by Crippen LogP contribution is -2.51. The zero-order chi connectivity index (χ0) is 22.1. The average molecular weight is 560 g/mol. The van der Waals surface area contributed by atoms with Crippen LogP contribution in [0.2, 0.25) is 0 Å². The summed E-state index contributed by atoms with van der Waals surface area (Å²) in [4.78, 5) is 9.46. The van der Waals surface area contributed by atoms with Crippen LogP contribution in [0.3, 0.4) is 0 Å². The third-order valence-corrected chi connectivity index (χ3v) is 5.94. The molecule has 32 heavy (non-hydrogen) atoms. The highest BCUT2D eigenvalue weighted by atomic mass is 127. The molecule has 0 radical (unpaired) electrons. The molecule has 2 aliphatic rings. The van der Waals surface area contributed by atoms with Crippen LogP contribution in [-0.2, 0) is 9.47 Å². The van der Waals surface area contributed by atoms with Gasteiger partial charge in [0.15, 0.2) is 5.96 Å². The molecule has 0 saturated carbocycles. The number of rotatable bonds is 8. The molecule has 1 aromatic rings. The van der Waals surface area contributed by atoms with Gasteiger partial charge in [-0.25, -0.2) is 0 Å². The van der Waals surface area contributed by atoms with Crippen molar-refractivity contribution in [2.24, 2.45) is 10.9 Å². The molecule has 0 bridgehead atoms. The second kappa shape index (κ2) is 14.3. The van der Waals surface area contributed by atoms with Crippen molar-refractivity contribution in [2.45, 2.75) is 32.9 Å². The minimum absolute atomic E-state index is 0. The number of nitrogens with zero attached hydrogens (tertiary/aromatic N) is 3. The number of nitrogens with one attached hydrogen (secondary N) is 2. The van der Waals surface area contributed by atoms with Crippen LogP contribution in [0.4, 0.5) is 0 Å². The molecular formula is C24H42IN5O2. The predicted octanol–water partition coefficient (Wildman–Crippen LogP) is 2.51. The molecule has 0 amide bonds. The maximum atomic E-state index is 5.98. The first-order valence-corrected chi connectivity index (χ1v) is 11.7.